The minimum absolute atomic E-state index is 0.345. The lowest BCUT2D eigenvalue weighted by atomic mass is 10.0. The summed E-state index contributed by atoms with van der Waals surface area (Å²) in [5, 5.41) is 2.22. The Hall–Kier alpha value is -2.03. The van der Waals surface area contributed by atoms with Crippen LogP contribution in [0, 0.1) is 0 Å². The van der Waals surface area contributed by atoms with Gasteiger partial charge in [-0.3, -0.25) is 0 Å². The maximum atomic E-state index is 6.13. The molecule has 3 aromatic rings. The first-order valence-electron chi connectivity index (χ1n) is 8.47. The minimum atomic E-state index is -1.82. The van der Waals surface area contributed by atoms with Crippen LogP contribution in [0.3, 0.4) is 0 Å². The van der Waals surface area contributed by atoms with Gasteiger partial charge in [-0.25, -0.2) is 0 Å². The highest BCUT2D eigenvalue weighted by Crippen LogP contribution is 2.35. The third kappa shape index (κ3) is 3.81. The second kappa shape index (κ2) is 7.47. The summed E-state index contributed by atoms with van der Waals surface area (Å²) in [6, 6.07) is 27.7. The van der Waals surface area contributed by atoms with Crippen molar-refractivity contribution >= 4 is 24.9 Å². The Morgan fingerprint density at radius 2 is 1.28 bits per heavy atom. The van der Waals surface area contributed by atoms with Gasteiger partial charge in [0.2, 0.25) is 0 Å². The van der Waals surface area contributed by atoms with E-state index in [2.05, 4.69) is 67.7 Å². The Morgan fingerprint density at radius 3 is 1.80 bits per heavy atom. The van der Waals surface area contributed by atoms with Crippen molar-refractivity contribution in [3.63, 3.8) is 0 Å². The molecular weight excluding hydrogens is 344 g/mol. The van der Waals surface area contributed by atoms with Crippen molar-refractivity contribution in [2.45, 2.75) is 18.6 Å². The van der Waals surface area contributed by atoms with Crippen LogP contribution in [0.25, 0.3) is 0 Å². The molecule has 0 aliphatic carbocycles. The Kier molecular flexibility index (Phi) is 5.31. The lowest BCUT2D eigenvalue weighted by Crippen LogP contribution is -2.48. The predicted octanol–water partition coefficient (Wildman–Crippen LogP) is 5.64. The molecule has 3 heteroatoms. The average Bonchev–Trinajstić information content (AvgIpc) is 2.65. The first-order chi connectivity index (χ1) is 12.0. The largest absolute Gasteiger partial charge is 0.497 e. The van der Waals surface area contributed by atoms with Gasteiger partial charge in [-0.1, -0.05) is 84.5 Å². The highest BCUT2D eigenvalue weighted by Gasteiger charge is 2.35. The molecule has 128 valence electrons. The molecule has 0 fully saturated rings. The van der Waals surface area contributed by atoms with E-state index < -0.39 is 8.07 Å². The zero-order valence-electron chi connectivity index (χ0n) is 14.9. The molecule has 3 rings (SSSR count). The fourth-order valence-electron chi connectivity index (χ4n) is 3.51. The first-order valence-corrected chi connectivity index (χ1v) is 11.9. The van der Waals surface area contributed by atoms with E-state index in [9.17, 15) is 0 Å². The van der Waals surface area contributed by atoms with E-state index in [1.54, 1.807) is 7.11 Å². The average molecular weight is 367 g/mol. The molecule has 0 saturated heterocycles. The van der Waals surface area contributed by atoms with E-state index in [0.29, 0.717) is 5.54 Å². The van der Waals surface area contributed by atoms with E-state index in [0.717, 1.165) is 10.8 Å². The lowest BCUT2D eigenvalue weighted by molar-refractivity contribution is 0.414. The molecule has 0 heterocycles. The molecule has 3 aromatic carbocycles. The topological polar surface area (TPSA) is 9.23 Å². The van der Waals surface area contributed by atoms with Crippen LogP contribution >= 0.6 is 11.6 Å². The van der Waals surface area contributed by atoms with Crippen molar-refractivity contribution in [2.75, 3.05) is 7.11 Å². The number of rotatable bonds is 5. The van der Waals surface area contributed by atoms with Crippen LogP contribution < -0.4 is 9.92 Å². The number of ether oxygens (including phenoxy) is 1. The van der Waals surface area contributed by atoms with Gasteiger partial charge in [-0.2, -0.15) is 0 Å². The van der Waals surface area contributed by atoms with Crippen molar-refractivity contribution in [1.29, 1.82) is 0 Å². The Bertz CT molecular complexity index is 811. The highest BCUT2D eigenvalue weighted by molar-refractivity contribution is 6.91. The third-order valence-electron chi connectivity index (χ3n) is 4.89. The molecule has 0 aliphatic rings. The van der Waals surface area contributed by atoms with Crippen LogP contribution in [0.5, 0.6) is 5.75 Å². The Balaban J connectivity index is 2.12. The summed E-state index contributed by atoms with van der Waals surface area (Å²) in [5.41, 5.74) is 2.98. The molecule has 0 saturated carbocycles. The molecule has 0 spiro atoms. The molecule has 0 aromatic heterocycles. The number of methoxy groups -OCH3 is 1. The van der Waals surface area contributed by atoms with Gasteiger partial charge in [0.15, 0.2) is 0 Å². The summed E-state index contributed by atoms with van der Waals surface area (Å²) in [4.78, 5) is 0. The summed E-state index contributed by atoms with van der Waals surface area (Å²) in [5.74, 6) is 0.887. The molecule has 25 heavy (non-hydrogen) atoms. The van der Waals surface area contributed by atoms with Crippen molar-refractivity contribution in [1.82, 2.24) is 0 Å². The first kappa shape index (κ1) is 17.8. The number of hydrogen-bond donors (Lipinski definition) is 0. The molecule has 0 amide bonds. The summed E-state index contributed by atoms with van der Waals surface area (Å²) in [7, 11) is -0.117. The number of benzene rings is 3. The summed E-state index contributed by atoms with van der Waals surface area (Å²) in [6.07, 6.45) is 0. The zero-order chi connectivity index (χ0) is 17.9. The summed E-state index contributed by atoms with van der Waals surface area (Å²) < 4.78 is 5.33. The summed E-state index contributed by atoms with van der Waals surface area (Å²) in [6.45, 7) is 4.87. The predicted molar refractivity (Wildman–Crippen MR) is 110 cm³/mol. The standard InChI is InChI=1S/C22H23ClOSi/c1-24-20-15-11-18(12-16-20)22(17-9-13-19(23)14-10-17)25(2,3)21-7-5-4-6-8-21/h4-16,22H,1-3H3/t22-/m0/s1. The quantitative estimate of drug-likeness (QED) is 0.531. The van der Waals surface area contributed by atoms with Gasteiger partial charge >= 0.3 is 0 Å². The van der Waals surface area contributed by atoms with Crippen LogP contribution in [0.1, 0.15) is 16.7 Å². The molecular formula is C22H23ClOSi. The molecule has 0 N–H and O–H groups in total. The van der Waals surface area contributed by atoms with Gasteiger partial charge in [-0.15, -0.1) is 0 Å². The van der Waals surface area contributed by atoms with Crippen molar-refractivity contribution < 1.29 is 4.74 Å². The van der Waals surface area contributed by atoms with Gasteiger partial charge < -0.3 is 4.74 Å². The lowest BCUT2D eigenvalue weighted by Gasteiger charge is -2.34. The van der Waals surface area contributed by atoms with E-state index in [-0.39, 0.29) is 0 Å². The van der Waals surface area contributed by atoms with Crippen LogP contribution in [-0.2, 0) is 0 Å². The maximum absolute atomic E-state index is 6.13. The van der Waals surface area contributed by atoms with Gasteiger partial charge in [0.25, 0.3) is 0 Å². The highest BCUT2D eigenvalue weighted by atomic mass is 35.5. The van der Waals surface area contributed by atoms with Crippen LogP contribution in [0.4, 0.5) is 0 Å². The van der Waals surface area contributed by atoms with E-state index >= 15 is 0 Å². The molecule has 0 bridgehead atoms. The van der Waals surface area contributed by atoms with Crippen molar-refractivity contribution in [3.05, 3.63) is 95.0 Å². The molecule has 1 nitrogen and oxygen atoms in total. The van der Waals surface area contributed by atoms with Gasteiger partial charge in [0.1, 0.15) is 5.75 Å². The second-order valence-corrected chi connectivity index (χ2v) is 11.9. The Morgan fingerprint density at radius 1 is 0.760 bits per heavy atom. The third-order valence-corrected chi connectivity index (χ3v) is 9.08. The molecule has 0 radical (unpaired) electrons. The maximum Gasteiger partial charge on any atom is 0.118 e. The zero-order valence-corrected chi connectivity index (χ0v) is 16.6. The normalized spacial score (nSPS) is 12.6. The molecule has 1 atom stereocenters. The van der Waals surface area contributed by atoms with E-state index in [1.807, 2.05) is 24.3 Å². The van der Waals surface area contributed by atoms with Crippen molar-refractivity contribution in [3.8, 4) is 5.75 Å². The fourth-order valence-corrected chi connectivity index (χ4v) is 7.07. The fraction of sp³-hybridized carbons (Fsp3) is 0.182. The number of halogens is 1. The van der Waals surface area contributed by atoms with Crippen LogP contribution in [-0.4, -0.2) is 15.2 Å². The number of hydrogen-bond acceptors (Lipinski definition) is 1. The minimum Gasteiger partial charge on any atom is -0.497 e. The van der Waals surface area contributed by atoms with Gasteiger partial charge in [0.05, 0.1) is 15.2 Å². The van der Waals surface area contributed by atoms with E-state index in [4.69, 9.17) is 16.3 Å². The van der Waals surface area contributed by atoms with Gasteiger partial charge in [0, 0.05) is 10.6 Å². The summed E-state index contributed by atoms with van der Waals surface area (Å²) >= 11 is 6.13. The van der Waals surface area contributed by atoms with Crippen molar-refractivity contribution in [2.24, 2.45) is 0 Å². The van der Waals surface area contributed by atoms with Gasteiger partial charge in [-0.05, 0) is 35.4 Å². The van der Waals surface area contributed by atoms with Crippen LogP contribution in [0.15, 0.2) is 78.9 Å². The van der Waals surface area contributed by atoms with Crippen LogP contribution in [0.2, 0.25) is 18.1 Å². The Labute approximate surface area is 156 Å². The van der Waals surface area contributed by atoms with E-state index in [1.165, 1.54) is 16.3 Å². The smallest absolute Gasteiger partial charge is 0.118 e. The monoisotopic (exact) mass is 366 g/mol. The second-order valence-electron chi connectivity index (χ2n) is 6.85. The SMILES string of the molecule is COc1ccc([C@H](c2ccc(Cl)cc2)[Si](C)(C)c2ccccc2)cc1. The molecule has 0 unspecified atom stereocenters. The molecule has 0 aliphatic heterocycles.